The van der Waals surface area contributed by atoms with Crippen LogP contribution in [-0.4, -0.2) is 34.8 Å². The van der Waals surface area contributed by atoms with Gasteiger partial charge < -0.3 is 14.6 Å². The molecule has 0 saturated heterocycles. The van der Waals surface area contributed by atoms with Crippen LogP contribution in [0.3, 0.4) is 0 Å². The van der Waals surface area contributed by atoms with E-state index in [1.165, 1.54) is 6.26 Å². The summed E-state index contributed by atoms with van der Waals surface area (Å²) in [5, 5.41) is 2.64. The first-order valence-corrected chi connectivity index (χ1v) is 8.80. The summed E-state index contributed by atoms with van der Waals surface area (Å²) in [4.78, 5) is 30.5. The van der Waals surface area contributed by atoms with Crippen molar-refractivity contribution in [2.24, 2.45) is 5.92 Å². The van der Waals surface area contributed by atoms with Gasteiger partial charge >= 0.3 is 0 Å². The summed E-state index contributed by atoms with van der Waals surface area (Å²) in [6.07, 6.45) is 8.34. The smallest absolute Gasteiger partial charge is 0.273 e. The topological polar surface area (TPSA) is 75.4 Å². The van der Waals surface area contributed by atoms with Gasteiger partial charge in [0.15, 0.2) is 5.69 Å². The van der Waals surface area contributed by atoms with Crippen LogP contribution in [0.25, 0.3) is 0 Å². The van der Waals surface area contributed by atoms with Gasteiger partial charge in [0.1, 0.15) is 6.26 Å². The zero-order chi connectivity index (χ0) is 18.7. The average molecular weight is 347 g/mol. The molecule has 1 aromatic rings. The van der Waals surface area contributed by atoms with E-state index in [0.29, 0.717) is 19.0 Å². The normalized spacial score (nSPS) is 11.6. The van der Waals surface area contributed by atoms with Crippen molar-refractivity contribution in [2.75, 3.05) is 13.1 Å². The molecular formula is C19H29N3O3. The molecule has 0 radical (unpaired) electrons. The highest BCUT2D eigenvalue weighted by Gasteiger charge is 2.23. The Morgan fingerprint density at radius 1 is 1.36 bits per heavy atom. The third-order valence-corrected chi connectivity index (χ3v) is 3.93. The number of nitrogens with one attached hydrogen (secondary N) is 1. The molecule has 0 aliphatic heterocycles. The maximum atomic E-state index is 12.8. The third kappa shape index (κ3) is 6.57. The van der Waals surface area contributed by atoms with Crippen molar-refractivity contribution >= 4 is 11.8 Å². The van der Waals surface area contributed by atoms with Gasteiger partial charge in [-0.25, -0.2) is 4.98 Å². The summed E-state index contributed by atoms with van der Waals surface area (Å²) >= 11 is 0. The predicted octanol–water partition coefficient (Wildman–Crippen LogP) is 3.32. The lowest BCUT2D eigenvalue weighted by atomic mass is 9.97. The Bertz CT molecular complexity index is 580. The van der Waals surface area contributed by atoms with Gasteiger partial charge in [-0.2, -0.15) is 0 Å². The molecule has 138 valence electrons. The molecule has 6 nitrogen and oxygen atoms in total. The monoisotopic (exact) mass is 347 g/mol. The fourth-order valence-corrected chi connectivity index (χ4v) is 2.51. The highest BCUT2D eigenvalue weighted by Crippen LogP contribution is 2.18. The second-order valence-corrected chi connectivity index (χ2v) is 5.88. The van der Waals surface area contributed by atoms with Crippen molar-refractivity contribution in [1.29, 1.82) is 0 Å². The van der Waals surface area contributed by atoms with Gasteiger partial charge in [0.05, 0.1) is 6.54 Å². The van der Waals surface area contributed by atoms with Crippen LogP contribution in [0.5, 0.6) is 0 Å². The minimum absolute atomic E-state index is 0.00905. The van der Waals surface area contributed by atoms with Crippen LogP contribution in [0.2, 0.25) is 0 Å². The minimum atomic E-state index is -0.328. The number of hydrogen-bond acceptors (Lipinski definition) is 4. The molecular weight excluding hydrogens is 318 g/mol. The average Bonchev–Trinajstić information content (AvgIpc) is 3.08. The molecule has 2 amide bonds. The van der Waals surface area contributed by atoms with Gasteiger partial charge in [-0.3, -0.25) is 9.59 Å². The fraction of sp³-hybridized carbons (Fsp3) is 0.526. The Hall–Kier alpha value is -2.37. The lowest BCUT2D eigenvalue weighted by molar-refractivity contribution is -0.136. The van der Waals surface area contributed by atoms with E-state index < -0.39 is 0 Å². The van der Waals surface area contributed by atoms with E-state index in [-0.39, 0.29) is 30.0 Å². The second kappa shape index (κ2) is 11.2. The number of amides is 2. The van der Waals surface area contributed by atoms with E-state index in [2.05, 4.69) is 30.4 Å². The lowest BCUT2D eigenvalue weighted by Crippen LogP contribution is -2.36. The molecule has 1 unspecified atom stereocenters. The largest absolute Gasteiger partial charge is 0.446 e. The molecule has 0 fully saturated rings. The standard InChI is InChI=1S/C19H29N3O3/c1-5-9-10-15(8-4)19(24)22(12-7-3)13-17-21-16(14-25-17)18(23)20-11-6-2/h6-7,14-15H,2-3,5,8-13H2,1,4H3,(H,20,23). The number of aromatic nitrogens is 1. The van der Waals surface area contributed by atoms with Crippen molar-refractivity contribution in [3.63, 3.8) is 0 Å². The van der Waals surface area contributed by atoms with E-state index >= 15 is 0 Å². The third-order valence-electron chi connectivity index (χ3n) is 3.93. The molecule has 25 heavy (non-hydrogen) atoms. The van der Waals surface area contributed by atoms with Crippen LogP contribution < -0.4 is 5.32 Å². The van der Waals surface area contributed by atoms with Crippen LogP contribution in [0.1, 0.15) is 55.9 Å². The molecule has 1 atom stereocenters. The number of unbranched alkanes of at least 4 members (excludes halogenated alkanes) is 1. The van der Waals surface area contributed by atoms with Gasteiger partial charge in [0.2, 0.25) is 11.8 Å². The first-order valence-electron chi connectivity index (χ1n) is 8.80. The molecule has 1 heterocycles. The van der Waals surface area contributed by atoms with Crippen molar-refractivity contribution in [1.82, 2.24) is 15.2 Å². The van der Waals surface area contributed by atoms with Gasteiger partial charge in [0.25, 0.3) is 5.91 Å². The molecule has 0 saturated carbocycles. The number of rotatable bonds is 12. The number of carbonyl (C=O) groups is 2. The maximum Gasteiger partial charge on any atom is 0.273 e. The van der Waals surface area contributed by atoms with Crippen molar-refractivity contribution in [2.45, 2.75) is 46.1 Å². The van der Waals surface area contributed by atoms with Gasteiger partial charge in [-0.15, -0.1) is 13.2 Å². The van der Waals surface area contributed by atoms with Crippen LogP contribution in [0, 0.1) is 5.92 Å². The van der Waals surface area contributed by atoms with E-state index in [1.807, 2.05) is 6.92 Å². The van der Waals surface area contributed by atoms with Gasteiger partial charge in [-0.1, -0.05) is 38.8 Å². The molecule has 0 bridgehead atoms. The molecule has 0 aliphatic carbocycles. The van der Waals surface area contributed by atoms with Crippen LogP contribution in [-0.2, 0) is 11.3 Å². The van der Waals surface area contributed by atoms with Crippen LogP contribution in [0.4, 0.5) is 0 Å². The molecule has 0 aliphatic rings. The Labute approximate surface area is 150 Å². The van der Waals surface area contributed by atoms with Crippen LogP contribution in [0.15, 0.2) is 36.0 Å². The fourth-order valence-electron chi connectivity index (χ4n) is 2.51. The van der Waals surface area contributed by atoms with E-state index in [0.717, 1.165) is 25.7 Å². The van der Waals surface area contributed by atoms with Crippen LogP contribution >= 0.6 is 0 Å². The first-order chi connectivity index (χ1) is 12.1. The van der Waals surface area contributed by atoms with E-state index in [1.54, 1.807) is 17.1 Å². The van der Waals surface area contributed by atoms with E-state index in [4.69, 9.17) is 4.42 Å². The van der Waals surface area contributed by atoms with Gasteiger partial charge in [0, 0.05) is 19.0 Å². The molecule has 1 N–H and O–H groups in total. The summed E-state index contributed by atoms with van der Waals surface area (Å²) in [5.74, 6) is 0.0760. The predicted molar refractivity (Wildman–Crippen MR) is 98.0 cm³/mol. The van der Waals surface area contributed by atoms with Crippen molar-refractivity contribution in [3.8, 4) is 0 Å². The SMILES string of the molecule is C=CCNC(=O)c1coc(CN(CC=C)C(=O)C(CC)CCCC)n1. The highest BCUT2D eigenvalue weighted by atomic mass is 16.3. The van der Waals surface area contributed by atoms with Crippen molar-refractivity contribution in [3.05, 3.63) is 43.2 Å². The zero-order valence-electron chi connectivity index (χ0n) is 15.3. The summed E-state index contributed by atoms with van der Waals surface area (Å²) in [5.41, 5.74) is 0.195. The Kier molecular flexibility index (Phi) is 9.29. The van der Waals surface area contributed by atoms with Gasteiger partial charge in [-0.05, 0) is 12.8 Å². The Morgan fingerprint density at radius 2 is 2.12 bits per heavy atom. The second-order valence-electron chi connectivity index (χ2n) is 5.88. The van der Waals surface area contributed by atoms with E-state index in [9.17, 15) is 9.59 Å². The molecule has 1 aromatic heterocycles. The summed E-state index contributed by atoms with van der Waals surface area (Å²) in [6.45, 7) is 12.4. The number of nitrogens with zero attached hydrogens (tertiary/aromatic N) is 2. The maximum absolute atomic E-state index is 12.8. The Balaban J connectivity index is 2.78. The lowest BCUT2D eigenvalue weighted by Gasteiger charge is -2.24. The Morgan fingerprint density at radius 3 is 2.72 bits per heavy atom. The molecule has 0 aromatic carbocycles. The first kappa shape index (κ1) is 20.7. The summed E-state index contributed by atoms with van der Waals surface area (Å²) in [7, 11) is 0. The zero-order valence-corrected chi connectivity index (χ0v) is 15.3. The number of carbonyl (C=O) groups excluding carboxylic acids is 2. The molecule has 0 spiro atoms. The minimum Gasteiger partial charge on any atom is -0.446 e. The number of oxazole rings is 1. The molecule has 6 heteroatoms. The summed E-state index contributed by atoms with van der Waals surface area (Å²) < 4.78 is 5.36. The highest BCUT2D eigenvalue weighted by molar-refractivity contribution is 5.92. The summed E-state index contributed by atoms with van der Waals surface area (Å²) in [6, 6.07) is 0. The molecule has 1 rings (SSSR count). The quantitative estimate of drug-likeness (QED) is 0.589. The van der Waals surface area contributed by atoms with Crippen molar-refractivity contribution < 1.29 is 14.0 Å². The number of hydrogen-bond donors (Lipinski definition) is 1.